The zero-order chi connectivity index (χ0) is 14.4. The molecule has 20 heavy (non-hydrogen) atoms. The Hall–Kier alpha value is -1.00. The van der Waals surface area contributed by atoms with Crippen LogP contribution in [0.25, 0.3) is 0 Å². The molecule has 2 N–H and O–H groups in total. The van der Waals surface area contributed by atoms with Crippen molar-refractivity contribution in [3.05, 3.63) is 35.9 Å². The second kappa shape index (κ2) is 7.14. The fourth-order valence-corrected chi connectivity index (χ4v) is 3.77. The number of hydrogen-bond acceptors (Lipinski definition) is 3. The quantitative estimate of drug-likeness (QED) is 0.734. The van der Waals surface area contributed by atoms with Crippen molar-refractivity contribution >= 4 is 17.7 Å². The summed E-state index contributed by atoms with van der Waals surface area (Å²) in [7, 11) is 0. The summed E-state index contributed by atoms with van der Waals surface area (Å²) < 4.78 is 0. The number of benzene rings is 1. The van der Waals surface area contributed by atoms with Crippen LogP contribution in [0, 0.1) is 5.92 Å². The van der Waals surface area contributed by atoms with Crippen LogP contribution in [0.2, 0.25) is 0 Å². The standard InChI is InChI=1S/C16H23NO2S/c1-2-10-17-16(15(18)19,14-8-9-14)12-20-11-13-6-4-3-5-7-13/h3-7,14,17H,2,8-12H2,1H3,(H,18,19). The second-order valence-corrected chi connectivity index (χ2v) is 6.44. The third kappa shape index (κ3) is 3.76. The fourth-order valence-electron chi connectivity index (χ4n) is 2.45. The van der Waals surface area contributed by atoms with Gasteiger partial charge in [0.25, 0.3) is 0 Å². The van der Waals surface area contributed by atoms with Crippen LogP contribution in [0.15, 0.2) is 30.3 Å². The van der Waals surface area contributed by atoms with Gasteiger partial charge in [0.2, 0.25) is 0 Å². The van der Waals surface area contributed by atoms with Crippen LogP contribution in [-0.4, -0.2) is 28.9 Å². The first-order valence-electron chi connectivity index (χ1n) is 7.29. The zero-order valence-corrected chi connectivity index (χ0v) is 12.8. The molecule has 2 rings (SSSR count). The molecule has 0 radical (unpaired) electrons. The molecule has 1 aromatic carbocycles. The van der Waals surface area contributed by atoms with E-state index in [9.17, 15) is 9.90 Å². The van der Waals surface area contributed by atoms with Gasteiger partial charge in [0.15, 0.2) is 0 Å². The molecule has 0 aromatic heterocycles. The third-order valence-electron chi connectivity index (χ3n) is 3.79. The van der Waals surface area contributed by atoms with E-state index in [1.165, 1.54) is 5.56 Å². The molecular formula is C16H23NO2S. The van der Waals surface area contributed by atoms with Gasteiger partial charge < -0.3 is 10.4 Å². The first kappa shape index (κ1) is 15.4. The van der Waals surface area contributed by atoms with E-state index in [0.717, 1.165) is 31.6 Å². The molecule has 1 saturated carbocycles. The molecule has 0 heterocycles. The summed E-state index contributed by atoms with van der Waals surface area (Å²) in [5.41, 5.74) is 0.526. The van der Waals surface area contributed by atoms with Gasteiger partial charge in [-0.2, -0.15) is 11.8 Å². The highest BCUT2D eigenvalue weighted by molar-refractivity contribution is 7.98. The van der Waals surface area contributed by atoms with E-state index in [2.05, 4.69) is 24.4 Å². The summed E-state index contributed by atoms with van der Waals surface area (Å²) in [5.74, 6) is 1.13. The Balaban J connectivity index is 1.95. The highest BCUT2D eigenvalue weighted by Crippen LogP contribution is 2.42. The summed E-state index contributed by atoms with van der Waals surface area (Å²) in [6, 6.07) is 10.2. The predicted octanol–water partition coefficient (Wildman–Crippen LogP) is 3.15. The molecule has 3 nitrogen and oxygen atoms in total. The minimum atomic E-state index is -0.727. The number of aliphatic carboxylic acids is 1. The molecule has 1 aliphatic carbocycles. The molecule has 0 bridgehead atoms. The van der Waals surface area contributed by atoms with Crippen LogP contribution >= 0.6 is 11.8 Å². The normalized spacial score (nSPS) is 17.6. The summed E-state index contributed by atoms with van der Waals surface area (Å²) in [5, 5.41) is 13.0. The lowest BCUT2D eigenvalue weighted by atomic mass is 9.95. The minimum Gasteiger partial charge on any atom is -0.480 e. The van der Waals surface area contributed by atoms with Crippen molar-refractivity contribution in [1.29, 1.82) is 0 Å². The monoisotopic (exact) mass is 293 g/mol. The van der Waals surface area contributed by atoms with Crippen molar-refractivity contribution in [1.82, 2.24) is 5.32 Å². The first-order valence-corrected chi connectivity index (χ1v) is 8.44. The second-order valence-electron chi connectivity index (χ2n) is 5.46. The van der Waals surface area contributed by atoms with Crippen LogP contribution in [0.4, 0.5) is 0 Å². The number of carboxylic acid groups (broad SMARTS) is 1. The van der Waals surface area contributed by atoms with E-state index in [1.807, 2.05) is 18.2 Å². The number of carbonyl (C=O) groups is 1. The van der Waals surface area contributed by atoms with Crippen molar-refractivity contribution in [2.75, 3.05) is 12.3 Å². The van der Waals surface area contributed by atoms with Gasteiger partial charge in [-0.25, -0.2) is 0 Å². The molecule has 0 aliphatic heterocycles. The number of hydrogen-bond donors (Lipinski definition) is 2. The molecular weight excluding hydrogens is 270 g/mol. The Morgan fingerprint density at radius 3 is 2.65 bits per heavy atom. The number of thioether (sulfide) groups is 1. The number of nitrogens with one attached hydrogen (secondary N) is 1. The van der Waals surface area contributed by atoms with Crippen molar-refractivity contribution in [3.63, 3.8) is 0 Å². The predicted molar refractivity (Wildman–Crippen MR) is 84.0 cm³/mol. The Bertz CT molecular complexity index is 433. The molecule has 4 heteroatoms. The Morgan fingerprint density at radius 1 is 1.40 bits per heavy atom. The Labute approximate surface area is 125 Å². The SMILES string of the molecule is CCCNC(CSCc1ccccc1)(C(=O)O)C1CC1. The number of carboxylic acids is 1. The maximum atomic E-state index is 11.8. The van der Waals surface area contributed by atoms with E-state index in [4.69, 9.17) is 0 Å². The van der Waals surface area contributed by atoms with Gasteiger partial charge in [0.1, 0.15) is 5.54 Å². The molecule has 1 aromatic rings. The van der Waals surface area contributed by atoms with E-state index >= 15 is 0 Å². The van der Waals surface area contributed by atoms with E-state index < -0.39 is 11.5 Å². The lowest BCUT2D eigenvalue weighted by molar-refractivity contribution is -0.144. The molecule has 1 atom stereocenters. The molecule has 1 fully saturated rings. The van der Waals surface area contributed by atoms with Crippen LogP contribution in [0.3, 0.4) is 0 Å². The Kier molecular flexibility index (Phi) is 5.49. The van der Waals surface area contributed by atoms with Crippen molar-refractivity contribution < 1.29 is 9.90 Å². The summed E-state index contributed by atoms with van der Waals surface area (Å²) in [6.45, 7) is 2.85. The summed E-state index contributed by atoms with van der Waals surface area (Å²) in [4.78, 5) is 11.8. The van der Waals surface area contributed by atoms with E-state index in [0.29, 0.717) is 11.7 Å². The topological polar surface area (TPSA) is 49.3 Å². The highest BCUT2D eigenvalue weighted by atomic mass is 32.2. The van der Waals surface area contributed by atoms with Crippen LogP contribution < -0.4 is 5.32 Å². The third-order valence-corrected chi connectivity index (χ3v) is 4.98. The van der Waals surface area contributed by atoms with Crippen molar-refractivity contribution in [2.24, 2.45) is 5.92 Å². The molecule has 110 valence electrons. The first-order chi connectivity index (χ1) is 9.69. The molecule has 1 aliphatic rings. The van der Waals surface area contributed by atoms with Crippen LogP contribution in [0.5, 0.6) is 0 Å². The molecule has 0 saturated heterocycles. The molecule has 1 unspecified atom stereocenters. The lowest BCUT2D eigenvalue weighted by Crippen LogP contribution is -2.56. The van der Waals surface area contributed by atoms with Gasteiger partial charge in [-0.3, -0.25) is 4.79 Å². The summed E-state index contributed by atoms with van der Waals surface area (Å²) in [6.07, 6.45) is 3.04. The number of rotatable bonds is 9. The van der Waals surface area contributed by atoms with Crippen LogP contribution in [-0.2, 0) is 10.5 Å². The fraction of sp³-hybridized carbons (Fsp3) is 0.562. The zero-order valence-electron chi connectivity index (χ0n) is 12.0. The maximum Gasteiger partial charge on any atom is 0.325 e. The van der Waals surface area contributed by atoms with Gasteiger partial charge in [-0.1, -0.05) is 37.3 Å². The van der Waals surface area contributed by atoms with Gasteiger partial charge in [-0.15, -0.1) is 0 Å². The van der Waals surface area contributed by atoms with Crippen molar-refractivity contribution in [2.45, 2.75) is 37.5 Å². The lowest BCUT2D eigenvalue weighted by Gasteiger charge is -2.30. The maximum absolute atomic E-state index is 11.8. The average Bonchev–Trinajstić information content (AvgIpc) is 3.28. The van der Waals surface area contributed by atoms with Gasteiger partial charge in [0.05, 0.1) is 0 Å². The molecule has 0 spiro atoms. The molecule has 0 amide bonds. The van der Waals surface area contributed by atoms with Crippen LogP contribution in [0.1, 0.15) is 31.7 Å². The van der Waals surface area contributed by atoms with Gasteiger partial charge in [-0.05, 0) is 37.3 Å². The van der Waals surface area contributed by atoms with Gasteiger partial charge in [0, 0.05) is 11.5 Å². The minimum absolute atomic E-state index is 0.301. The van der Waals surface area contributed by atoms with Crippen molar-refractivity contribution in [3.8, 4) is 0 Å². The summed E-state index contributed by atoms with van der Waals surface area (Å²) >= 11 is 1.72. The highest BCUT2D eigenvalue weighted by Gasteiger charge is 2.50. The van der Waals surface area contributed by atoms with Gasteiger partial charge >= 0.3 is 5.97 Å². The largest absolute Gasteiger partial charge is 0.480 e. The Morgan fingerprint density at radius 2 is 2.10 bits per heavy atom. The van der Waals surface area contributed by atoms with E-state index in [1.54, 1.807) is 11.8 Å². The average molecular weight is 293 g/mol. The van der Waals surface area contributed by atoms with E-state index in [-0.39, 0.29) is 0 Å². The smallest absolute Gasteiger partial charge is 0.325 e.